The second-order valence-electron chi connectivity index (χ2n) is 5.82. The van der Waals surface area contributed by atoms with E-state index in [0.29, 0.717) is 12.2 Å². The highest BCUT2D eigenvalue weighted by Crippen LogP contribution is 2.22. The lowest BCUT2D eigenvalue weighted by atomic mass is 10.2. The van der Waals surface area contributed by atoms with Gasteiger partial charge in [-0.3, -0.25) is 10.1 Å². The third-order valence-corrected chi connectivity index (χ3v) is 4.12. The molecule has 116 valence electrons. The number of nitrogens with zero attached hydrogens (tertiary/aromatic N) is 1. The zero-order valence-electron chi connectivity index (χ0n) is 12.8. The van der Waals surface area contributed by atoms with E-state index in [2.05, 4.69) is 0 Å². The molecule has 0 saturated carbocycles. The van der Waals surface area contributed by atoms with Crippen molar-refractivity contribution < 1.29 is 14.6 Å². The Morgan fingerprint density at radius 3 is 2.57 bits per heavy atom. The second kappa shape index (κ2) is 7.98. The van der Waals surface area contributed by atoms with Gasteiger partial charge in [-0.1, -0.05) is 0 Å². The number of hydrogen-bond acceptors (Lipinski definition) is 3. The van der Waals surface area contributed by atoms with E-state index in [4.69, 9.17) is 4.74 Å². The molecule has 0 atom stereocenters. The molecule has 1 aromatic carbocycles. The van der Waals surface area contributed by atoms with E-state index in [9.17, 15) is 10.1 Å². The molecule has 1 N–H and O–H groups in total. The summed E-state index contributed by atoms with van der Waals surface area (Å²) in [5.74, 6) is 0.726. The van der Waals surface area contributed by atoms with Crippen molar-refractivity contribution in [3.05, 3.63) is 33.9 Å². The number of nitro groups is 1. The zero-order valence-corrected chi connectivity index (χ0v) is 12.8. The number of quaternary nitrogens is 1. The van der Waals surface area contributed by atoms with Gasteiger partial charge in [-0.15, -0.1) is 0 Å². The van der Waals surface area contributed by atoms with Crippen LogP contribution in [0.15, 0.2) is 18.2 Å². The standard InChI is InChI=1S/C16H24N2O3/c1-14-13-15(7-8-16(14)18(19)20)21-12-6-11-17-9-4-2-3-5-10-17/h7-8,13H,2-6,9-12H2,1H3/p+1. The van der Waals surface area contributed by atoms with Gasteiger partial charge in [0.1, 0.15) is 5.75 Å². The van der Waals surface area contributed by atoms with E-state index in [1.165, 1.54) is 44.8 Å². The van der Waals surface area contributed by atoms with Crippen molar-refractivity contribution in [2.75, 3.05) is 26.2 Å². The van der Waals surface area contributed by atoms with Crippen LogP contribution < -0.4 is 9.64 Å². The van der Waals surface area contributed by atoms with E-state index in [1.54, 1.807) is 24.0 Å². The molecule has 0 aromatic heterocycles. The maximum Gasteiger partial charge on any atom is 0.272 e. The summed E-state index contributed by atoms with van der Waals surface area (Å²) in [7, 11) is 0. The van der Waals surface area contributed by atoms with Gasteiger partial charge >= 0.3 is 0 Å². The van der Waals surface area contributed by atoms with E-state index in [1.807, 2.05) is 0 Å². The fraction of sp³-hybridized carbons (Fsp3) is 0.625. The molecule has 1 heterocycles. The third kappa shape index (κ3) is 5.01. The molecule has 5 nitrogen and oxygen atoms in total. The summed E-state index contributed by atoms with van der Waals surface area (Å²) < 4.78 is 5.71. The molecule has 1 aliphatic rings. The quantitative estimate of drug-likeness (QED) is 0.496. The van der Waals surface area contributed by atoms with Gasteiger partial charge in [-0.25, -0.2) is 0 Å². The topological polar surface area (TPSA) is 56.8 Å². The van der Waals surface area contributed by atoms with Crippen molar-refractivity contribution in [3.8, 4) is 5.75 Å². The van der Waals surface area contributed by atoms with Gasteiger partial charge in [-0.2, -0.15) is 0 Å². The van der Waals surface area contributed by atoms with Crippen LogP contribution in [-0.2, 0) is 0 Å². The number of rotatable bonds is 6. The number of hydrogen-bond donors (Lipinski definition) is 1. The van der Waals surface area contributed by atoms with Crippen LogP contribution in [0.3, 0.4) is 0 Å². The fourth-order valence-electron chi connectivity index (χ4n) is 2.91. The van der Waals surface area contributed by atoms with E-state index >= 15 is 0 Å². The van der Waals surface area contributed by atoms with Crippen LogP contribution in [-0.4, -0.2) is 31.2 Å². The lowest BCUT2D eigenvalue weighted by molar-refractivity contribution is -0.899. The average molecular weight is 293 g/mol. The number of ether oxygens (including phenoxy) is 1. The Balaban J connectivity index is 1.73. The molecule has 0 aliphatic carbocycles. The number of nitro benzene ring substituents is 1. The molecule has 1 saturated heterocycles. The highest BCUT2D eigenvalue weighted by Gasteiger charge is 2.12. The van der Waals surface area contributed by atoms with E-state index in [-0.39, 0.29) is 10.6 Å². The molecule has 5 heteroatoms. The van der Waals surface area contributed by atoms with Gasteiger partial charge in [0.25, 0.3) is 5.69 Å². The van der Waals surface area contributed by atoms with Gasteiger partial charge in [0.15, 0.2) is 0 Å². The minimum absolute atomic E-state index is 0.149. The predicted molar refractivity (Wildman–Crippen MR) is 82.0 cm³/mol. The summed E-state index contributed by atoms with van der Waals surface area (Å²) in [6.45, 7) is 6.16. The van der Waals surface area contributed by atoms with Crippen LogP contribution in [0, 0.1) is 17.0 Å². The van der Waals surface area contributed by atoms with Gasteiger partial charge in [0.05, 0.1) is 31.2 Å². The summed E-state index contributed by atoms with van der Waals surface area (Å²) >= 11 is 0. The third-order valence-electron chi connectivity index (χ3n) is 4.12. The highest BCUT2D eigenvalue weighted by atomic mass is 16.6. The first-order valence-corrected chi connectivity index (χ1v) is 7.88. The largest absolute Gasteiger partial charge is 0.493 e. The summed E-state index contributed by atoms with van der Waals surface area (Å²) in [4.78, 5) is 12.1. The average Bonchev–Trinajstić information content (AvgIpc) is 2.72. The number of benzene rings is 1. The van der Waals surface area contributed by atoms with Gasteiger partial charge in [0.2, 0.25) is 0 Å². The van der Waals surface area contributed by atoms with Crippen molar-refractivity contribution in [1.29, 1.82) is 0 Å². The molecule has 0 unspecified atom stereocenters. The molecule has 0 radical (unpaired) electrons. The lowest BCUT2D eigenvalue weighted by Gasteiger charge is -2.17. The Morgan fingerprint density at radius 1 is 1.24 bits per heavy atom. The molecular weight excluding hydrogens is 268 g/mol. The van der Waals surface area contributed by atoms with Crippen LogP contribution >= 0.6 is 0 Å². The van der Waals surface area contributed by atoms with Crippen LogP contribution in [0.2, 0.25) is 0 Å². The number of nitrogens with one attached hydrogen (secondary N) is 1. The first kappa shape index (κ1) is 15.8. The van der Waals surface area contributed by atoms with Crippen molar-refractivity contribution in [2.24, 2.45) is 0 Å². The lowest BCUT2D eigenvalue weighted by Crippen LogP contribution is -3.11. The maximum absolute atomic E-state index is 10.8. The number of likely N-dealkylation sites (tertiary alicyclic amines) is 1. The van der Waals surface area contributed by atoms with Crippen LogP contribution in [0.25, 0.3) is 0 Å². The van der Waals surface area contributed by atoms with Crippen LogP contribution in [0.5, 0.6) is 5.75 Å². The minimum atomic E-state index is -0.359. The fourth-order valence-corrected chi connectivity index (χ4v) is 2.91. The molecule has 2 rings (SSSR count). The van der Waals surface area contributed by atoms with Crippen LogP contribution in [0.4, 0.5) is 5.69 Å². The van der Waals surface area contributed by atoms with Crippen molar-refractivity contribution >= 4 is 5.69 Å². The monoisotopic (exact) mass is 293 g/mol. The normalized spacial score (nSPS) is 16.4. The summed E-state index contributed by atoms with van der Waals surface area (Å²) in [5.41, 5.74) is 0.798. The molecule has 1 aromatic rings. The van der Waals surface area contributed by atoms with E-state index in [0.717, 1.165) is 18.7 Å². The molecule has 0 spiro atoms. The molecule has 0 amide bonds. The van der Waals surface area contributed by atoms with E-state index < -0.39 is 0 Å². The van der Waals surface area contributed by atoms with Gasteiger partial charge in [-0.05, 0) is 44.7 Å². The Hall–Kier alpha value is -1.62. The molecule has 1 aliphatic heterocycles. The molecular formula is C16H25N2O3+. The van der Waals surface area contributed by atoms with Crippen molar-refractivity contribution in [2.45, 2.75) is 39.0 Å². The molecule has 21 heavy (non-hydrogen) atoms. The highest BCUT2D eigenvalue weighted by molar-refractivity contribution is 5.44. The first-order valence-electron chi connectivity index (χ1n) is 7.88. The van der Waals surface area contributed by atoms with Crippen LogP contribution in [0.1, 0.15) is 37.7 Å². The Kier molecular flexibility index (Phi) is 5.99. The SMILES string of the molecule is Cc1cc(OCCC[NH+]2CCCCCC2)ccc1[N+](=O)[O-]. The molecule has 0 bridgehead atoms. The van der Waals surface area contributed by atoms with Gasteiger partial charge < -0.3 is 9.64 Å². The minimum Gasteiger partial charge on any atom is -0.493 e. The second-order valence-corrected chi connectivity index (χ2v) is 5.82. The molecule has 1 fully saturated rings. The smallest absolute Gasteiger partial charge is 0.272 e. The first-order chi connectivity index (χ1) is 10.2. The Bertz CT molecular complexity index is 469. The Labute approximate surface area is 126 Å². The van der Waals surface area contributed by atoms with Crippen molar-refractivity contribution in [1.82, 2.24) is 0 Å². The maximum atomic E-state index is 10.8. The summed E-state index contributed by atoms with van der Waals surface area (Å²) in [5, 5.41) is 10.8. The summed E-state index contributed by atoms with van der Waals surface area (Å²) in [6.07, 6.45) is 6.48. The zero-order chi connectivity index (χ0) is 15.1. The Morgan fingerprint density at radius 2 is 1.95 bits per heavy atom. The predicted octanol–water partition coefficient (Wildman–Crippen LogP) is 2.13. The number of aryl methyl sites for hydroxylation is 1. The summed E-state index contributed by atoms with van der Waals surface area (Å²) in [6, 6.07) is 4.95. The van der Waals surface area contributed by atoms with Crippen molar-refractivity contribution in [3.63, 3.8) is 0 Å². The van der Waals surface area contributed by atoms with Gasteiger partial charge in [0, 0.05) is 18.1 Å².